The first kappa shape index (κ1) is 15.3. The first-order valence-electron chi connectivity index (χ1n) is 7.58. The van der Waals surface area contributed by atoms with Gasteiger partial charge in [-0.05, 0) is 61.7 Å². The number of hydrogen-bond acceptors (Lipinski definition) is 2. The van der Waals surface area contributed by atoms with Crippen molar-refractivity contribution in [1.29, 1.82) is 0 Å². The number of hydrogen-bond donors (Lipinski definition) is 1. The van der Waals surface area contributed by atoms with E-state index in [1.807, 2.05) is 19.1 Å². The Labute approximate surface area is 135 Å². The lowest BCUT2D eigenvalue weighted by Crippen LogP contribution is -2.20. The molecule has 0 atom stereocenters. The van der Waals surface area contributed by atoms with Gasteiger partial charge in [-0.15, -0.1) is 0 Å². The van der Waals surface area contributed by atoms with Crippen molar-refractivity contribution in [2.24, 2.45) is 0 Å². The van der Waals surface area contributed by atoms with Gasteiger partial charge in [0.2, 0.25) is 0 Å². The van der Waals surface area contributed by atoms with Crippen LogP contribution < -0.4 is 5.32 Å². The Balaban J connectivity index is 1.98. The van der Waals surface area contributed by atoms with Gasteiger partial charge in [0.1, 0.15) is 5.82 Å². The van der Waals surface area contributed by atoms with Crippen LogP contribution >= 0.6 is 11.8 Å². The maximum atomic E-state index is 14.1. The van der Waals surface area contributed by atoms with Gasteiger partial charge in [-0.1, -0.05) is 41.6 Å². The van der Waals surface area contributed by atoms with Crippen LogP contribution in [0.25, 0.3) is 5.57 Å². The smallest absolute Gasteiger partial charge is 0.137 e. The van der Waals surface area contributed by atoms with Gasteiger partial charge in [0.15, 0.2) is 0 Å². The fraction of sp³-hybridized carbons (Fsp3) is 0.263. The molecule has 3 rings (SSSR count). The maximum Gasteiger partial charge on any atom is 0.137 e. The zero-order valence-corrected chi connectivity index (χ0v) is 13.8. The summed E-state index contributed by atoms with van der Waals surface area (Å²) in [6, 6.07) is 11.8. The van der Waals surface area contributed by atoms with E-state index in [1.165, 1.54) is 28.5 Å². The fourth-order valence-electron chi connectivity index (χ4n) is 2.66. The second-order valence-corrected chi connectivity index (χ2v) is 6.80. The second kappa shape index (κ2) is 6.67. The third-order valence-corrected chi connectivity index (χ3v) is 4.98. The predicted molar refractivity (Wildman–Crippen MR) is 91.9 cm³/mol. The molecular formula is C19H20FNS. The topological polar surface area (TPSA) is 12.0 Å². The Kier molecular flexibility index (Phi) is 4.65. The largest absolute Gasteiger partial charge is 0.313 e. The zero-order valence-electron chi connectivity index (χ0n) is 12.9. The number of aryl methyl sites for hydroxylation is 2. The Morgan fingerprint density at radius 2 is 1.73 bits per heavy atom. The standard InChI is InChI=1S/C19H20FNS/c1-13-3-5-18(16(11-13)15-7-9-21-10-8-15)22-19-6-4-14(2)12-17(19)20/h3-7,11-12,21H,8-10H2,1-2H3. The van der Waals surface area contributed by atoms with E-state index in [-0.39, 0.29) is 5.82 Å². The average molecular weight is 313 g/mol. The Morgan fingerprint density at radius 3 is 2.41 bits per heavy atom. The highest BCUT2D eigenvalue weighted by molar-refractivity contribution is 7.99. The number of benzene rings is 2. The van der Waals surface area contributed by atoms with Gasteiger partial charge in [-0.25, -0.2) is 4.39 Å². The summed E-state index contributed by atoms with van der Waals surface area (Å²) in [5, 5.41) is 3.34. The summed E-state index contributed by atoms with van der Waals surface area (Å²) in [7, 11) is 0. The molecule has 0 amide bonds. The van der Waals surface area contributed by atoms with E-state index in [9.17, 15) is 4.39 Å². The second-order valence-electron chi connectivity index (χ2n) is 5.72. The summed E-state index contributed by atoms with van der Waals surface area (Å²) in [4.78, 5) is 1.81. The molecule has 0 aromatic heterocycles. The molecule has 0 aliphatic carbocycles. The molecule has 0 fully saturated rings. The van der Waals surface area contributed by atoms with E-state index in [4.69, 9.17) is 0 Å². The van der Waals surface area contributed by atoms with Crippen molar-refractivity contribution in [3.63, 3.8) is 0 Å². The molecule has 0 saturated heterocycles. The van der Waals surface area contributed by atoms with E-state index in [0.29, 0.717) is 4.90 Å². The molecule has 0 bridgehead atoms. The van der Waals surface area contributed by atoms with Crippen molar-refractivity contribution in [1.82, 2.24) is 5.32 Å². The first-order valence-corrected chi connectivity index (χ1v) is 8.40. The van der Waals surface area contributed by atoms with E-state index in [1.54, 1.807) is 6.07 Å². The number of rotatable bonds is 3. The van der Waals surface area contributed by atoms with Gasteiger partial charge in [-0.2, -0.15) is 0 Å². The molecule has 0 spiro atoms. The quantitative estimate of drug-likeness (QED) is 0.858. The van der Waals surface area contributed by atoms with E-state index < -0.39 is 0 Å². The van der Waals surface area contributed by atoms with Crippen LogP contribution in [0, 0.1) is 19.7 Å². The molecule has 1 N–H and O–H groups in total. The van der Waals surface area contributed by atoms with Crippen LogP contribution in [0.1, 0.15) is 23.1 Å². The molecule has 2 aromatic carbocycles. The van der Waals surface area contributed by atoms with Gasteiger partial charge in [0.05, 0.1) is 0 Å². The minimum atomic E-state index is -0.143. The summed E-state index contributed by atoms with van der Waals surface area (Å²) in [5.74, 6) is -0.143. The number of halogens is 1. The molecule has 114 valence electrons. The minimum Gasteiger partial charge on any atom is -0.313 e. The van der Waals surface area contributed by atoms with Crippen LogP contribution in [0.15, 0.2) is 52.3 Å². The SMILES string of the molecule is Cc1ccc(Sc2ccc(C)cc2C2=CCNCC2)c(F)c1. The molecule has 1 aliphatic heterocycles. The van der Waals surface area contributed by atoms with Crippen LogP contribution in [-0.2, 0) is 0 Å². The van der Waals surface area contributed by atoms with Gasteiger partial charge in [-0.3, -0.25) is 0 Å². The van der Waals surface area contributed by atoms with Crippen molar-refractivity contribution in [3.05, 3.63) is 65.0 Å². The Hall–Kier alpha value is -1.58. The molecule has 22 heavy (non-hydrogen) atoms. The predicted octanol–water partition coefficient (Wildman–Crippen LogP) is 4.97. The summed E-state index contributed by atoms with van der Waals surface area (Å²) < 4.78 is 14.1. The summed E-state index contributed by atoms with van der Waals surface area (Å²) >= 11 is 1.52. The average Bonchev–Trinajstić information content (AvgIpc) is 2.52. The van der Waals surface area contributed by atoms with Gasteiger partial charge in [0.25, 0.3) is 0 Å². The lowest BCUT2D eigenvalue weighted by atomic mass is 9.99. The van der Waals surface area contributed by atoms with Gasteiger partial charge in [0, 0.05) is 16.3 Å². The first-order chi connectivity index (χ1) is 10.6. The maximum absolute atomic E-state index is 14.1. The molecule has 1 heterocycles. The summed E-state index contributed by atoms with van der Waals surface area (Å²) in [6.07, 6.45) is 3.27. The highest BCUT2D eigenvalue weighted by Crippen LogP contribution is 2.37. The van der Waals surface area contributed by atoms with Crippen LogP contribution in [-0.4, -0.2) is 13.1 Å². The summed E-state index contributed by atoms with van der Waals surface area (Å²) in [6.45, 7) is 5.93. The fourth-order valence-corrected chi connectivity index (χ4v) is 3.62. The van der Waals surface area contributed by atoms with E-state index in [0.717, 1.165) is 30.0 Å². The van der Waals surface area contributed by atoms with Gasteiger partial charge < -0.3 is 5.32 Å². The molecule has 1 aliphatic rings. The molecule has 0 saturated carbocycles. The lowest BCUT2D eigenvalue weighted by Gasteiger charge is -2.18. The molecule has 0 unspecified atom stereocenters. The van der Waals surface area contributed by atoms with E-state index in [2.05, 4.69) is 36.5 Å². The van der Waals surface area contributed by atoms with Crippen LogP contribution in [0.3, 0.4) is 0 Å². The van der Waals surface area contributed by atoms with Crippen molar-refractivity contribution in [2.75, 3.05) is 13.1 Å². The van der Waals surface area contributed by atoms with Crippen LogP contribution in [0.5, 0.6) is 0 Å². The minimum absolute atomic E-state index is 0.143. The third-order valence-electron chi connectivity index (χ3n) is 3.85. The molecular weight excluding hydrogens is 293 g/mol. The zero-order chi connectivity index (χ0) is 15.5. The lowest BCUT2D eigenvalue weighted by molar-refractivity contribution is 0.600. The highest BCUT2D eigenvalue weighted by Gasteiger charge is 2.13. The monoisotopic (exact) mass is 313 g/mol. The Bertz CT molecular complexity index is 721. The summed E-state index contributed by atoms with van der Waals surface area (Å²) in [5.41, 5.74) is 4.79. The molecule has 0 radical (unpaired) electrons. The van der Waals surface area contributed by atoms with E-state index >= 15 is 0 Å². The number of nitrogens with one attached hydrogen (secondary N) is 1. The van der Waals surface area contributed by atoms with Crippen molar-refractivity contribution in [3.8, 4) is 0 Å². The van der Waals surface area contributed by atoms with Gasteiger partial charge >= 0.3 is 0 Å². The normalized spacial score (nSPS) is 14.8. The Morgan fingerprint density at radius 1 is 1.00 bits per heavy atom. The van der Waals surface area contributed by atoms with Crippen LogP contribution in [0.2, 0.25) is 0 Å². The van der Waals surface area contributed by atoms with Crippen molar-refractivity contribution in [2.45, 2.75) is 30.1 Å². The van der Waals surface area contributed by atoms with Crippen molar-refractivity contribution >= 4 is 17.3 Å². The highest BCUT2D eigenvalue weighted by atomic mass is 32.2. The van der Waals surface area contributed by atoms with Crippen LogP contribution in [0.4, 0.5) is 4.39 Å². The third kappa shape index (κ3) is 3.42. The molecule has 1 nitrogen and oxygen atoms in total. The van der Waals surface area contributed by atoms with Crippen molar-refractivity contribution < 1.29 is 4.39 Å². The molecule has 2 aromatic rings. The molecule has 3 heteroatoms.